The summed E-state index contributed by atoms with van der Waals surface area (Å²) in [5.74, 6) is 1.10. The lowest BCUT2D eigenvalue weighted by Gasteiger charge is -2.27. The minimum atomic E-state index is -0.130. The molecular formula is C12H21N3O. The zero-order chi connectivity index (χ0) is 11.4. The maximum Gasteiger partial charge on any atom is 0.110 e. The van der Waals surface area contributed by atoms with Crippen LogP contribution in [0, 0.1) is 0 Å². The largest absolute Gasteiger partial charge is 0.381 e. The molecule has 0 amide bonds. The number of aromatic nitrogens is 2. The predicted molar refractivity (Wildman–Crippen MR) is 63.2 cm³/mol. The highest BCUT2D eigenvalue weighted by atomic mass is 16.5. The molecule has 4 heteroatoms. The summed E-state index contributed by atoms with van der Waals surface area (Å²) in [6, 6.07) is 0. The smallest absolute Gasteiger partial charge is 0.110 e. The third kappa shape index (κ3) is 2.62. The molecule has 0 saturated carbocycles. The molecule has 1 saturated heterocycles. The van der Waals surface area contributed by atoms with E-state index in [-0.39, 0.29) is 5.54 Å². The number of nitrogens with two attached hydrogens (primary N) is 1. The van der Waals surface area contributed by atoms with E-state index in [1.54, 1.807) is 0 Å². The van der Waals surface area contributed by atoms with Gasteiger partial charge in [-0.15, -0.1) is 0 Å². The topological polar surface area (TPSA) is 53.1 Å². The standard InChI is InChI=1S/C12H21N3O/c1-2-15-7-6-14-11(15)10-12(13)4-3-8-16-9-5-12/h6-7H,2-5,8-10,13H2,1H3. The Kier molecular flexibility index (Phi) is 3.61. The molecular weight excluding hydrogens is 202 g/mol. The fraction of sp³-hybridized carbons (Fsp3) is 0.750. The van der Waals surface area contributed by atoms with Gasteiger partial charge in [-0.2, -0.15) is 0 Å². The van der Waals surface area contributed by atoms with Crippen LogP contribution in [0.3, 0.4) is 0 Å². The molecule has 1 fully saturated rings. The van der Waals surface area contributed by atoms with E-state index >= 15 is 0 Å². The van der Waals surface area contributed by atoms with Crippen LogP contribution < -0.4 is 5.73 Å². The molecule has 0 radical (unpaired) electrons. The van der Waals surface area contributed by atoms with E-state index in [0.717, 1.165) is 51.3 Å². The maximum absolute atomic E-state index is 6.44. The molecule has 0 aromatic carbocycles. The molecule has 1 aromatic rings. The van der Waals surface area contributed by atoms with Gasteiger partial charge in [-0.25, -0.2) is 4.98 Å². The average Bonchev–Trinajstić information content (AvgIpc) is 2.59. The fourth-order valence-electron chi connectivity index (χ4n) is 2.32. The molecule has 1 aliphatic heterocycles. The summed E-state index contributed by atoms with van der Waals surface area (Å²) in [6.45, 7) is 4.72. The number of hydrogen-bond donors (Lipinski definition) is 1. The highest BCUT2D eigenvalue weighted by Crippen LogP contribution is 2.22. The molecule has 4 nitrogen and oxygen atoms in total. The monoisotopic (exact) mass is 223 g/mol. The first kappa shape index (κ1) is 11.6. The summed E-state index contributed by atoms with van der Waals surface area (Å²) in [6.07, 6.45) is 7.76. The van der Waals surface area contributed by atoms with E-state index in [9.17, 15) is 0 Å². The van der Waals surface area contributed by atoms with Crippen LogP contribution in [0.1, 0.15) is 32.0 Å². The molecule has 16 heavy (non-hydrogen) atoms. The Balaban J connectivity index is 2.06. The van der Waals surface area contributed by atoms with E-state index < -0.39 is 0 Å². The molecule has 2 heterocycles. The van der Waals surface area contributed by atoms with Crippen molar-refractivity contribution in [1.29, 1.82) is 0 Å². The Morgan fingerprint density at radius 2 is 2.38 bits per heavy atom. The Bertz CT molecular complexity index is 327. The Morgan fingerprint density at radius 3 is 3.19 bits per heavy atom. The Morgan fingerprint density at radius 1 is 1.50 bits per heavy atom. The Labute approximate surface area is 96.8 Å². The van der Waals surface area contributed by atoms with Crippen LogP contribution >= 0.6 is 0 Å². The van der Waals surface area contributed by atoms with Crippen molar-refractivity contribution in [3.8, 4) is 0 Å². The van der Waals surface area contributed by atoms with Crippen molar-refractivity contribution in [3.05, 3.63) is 18.2 Å². The fourth-order valence-corrected chi connectivity index (χ4v) is 2.32. The van der Waals surface area contributed by atoms with Crippen LogP contribution in [0.25, 0.3) is 0 Å². The summed E-state index contributed by atoms with van der Waals surface area (Å²) in [5, 5.41) is 0. The summed E-state index contributed by atoms with van der Waals surface area (Å²) >= 11 is 0. The summed E-state index contributed by atoms with van der Waals surface area (Å²) in [7, 11) is 0. The summed E-state index contributed by atoms with van der Waals surface area (Å²) < 4.78 is 7.63. The molecule has 1 aliphatic rings. The van der Waals surface area contributed by atoms with Crippen molar-refractivity contribution in [2.75, 3.05) is 13.2 Å². The number of aryl methyl sites for hydroxylation is 1. The zero-order valence-electron chi connectivity index (χ0n) is 9.98. The van der Waals surface area contributed by atoms with Gasteiger partial charge >= 0.3 is 0 Å². The number of nitrogens with zero attached hydrogens (tertiary/aromatic N) is 2. The van der Waals surface area contributed by atoms with Crippen LogP contribution in [0.2, 0.25) is 0 Å². The maximum atomic E-state index is 6.44. The second-order valence-electron chi connectivity index (χ2n) is 4.63. The molecule has 0 spiro atoms. The van der Waals surface area contributed by atoms with E-state index in [2.05, 4.69) is 16.5 Å². The highest BCUT2D eigenvalue weighted by molar-refractivity contribution is 5.01. The molecule has 1 unspecified atom stereocenters. The van der Waals surface area contributed by atoms with Gasteiger partial charge in [0.25, 0.3) is 0 Å². The number of hydrogen-bond acceptors (Lipinski definition) is 3. The van der Waals surface area contributed by atoms with Gasteiger partial charge in [0.1, 0.15) is 5.82 Å². The second kappa shape index (κ2) is 4.97. The van der Waals surface area contributed by atoms with E-state index in [4.69, 9.17) is 10.5 Å². The third-order valence-corrected chi connectivity index (χ3v) is 3.36. The second-order valence-corrected chi connectivity index (χ2v) is 4.63. The lowest BCUT2D eigenvalue weighted by molar-refractivity contribution is 0.139. The van der Waals surface area contributed by atoms with Gasteiger partial charge in [0, 0.05) is 44.1 Å². The SMILES string of the molecule is CCn1ccnc1CC1(N)CCCOCC1. The van der Waals surface area contributed by atoms with Gasteiger partial charge in [-0.05, 0) is 26.2 Å². The third-order valence-electron chi connectivity index (χ3n) is 3.36. The van der Waals surface area contributed by atoms with E-state index in [1.807, 2.05) is 12.4 Å². The zero-order valence-corrected chi connectivity index (χ0v) is 9.98. The number of ether oxygens (including phenoxy) is 1. The van der Waals surface area contributed by atoms with Gasteiger partial charge < -0.3 is 15.0 Å². The first-order valence-corrected chi connectivity index (χ1v) is 6.10. The first-order valence-electron chi connectivity index (χ1n) is 6.10. The minimum absolute atomic E-state index is 0.130. The minimum Gasteiger partial charge on any atom is -0.381 e. The van der Waals surface area contributed by atoms with Crippen LogP contribution in [0.5, 0.6) is 0 Å². The summed E-state index contributed by atoms with van der Waals surface area (Å²) in [5.41, 5.74) is 6.31. The summed E-state index contributed by atoms with van der Waals surface area (Å²) in [4.78, 5) is 4.40. The van der Waals surface area contributed by atoms with Crippen LogP contribution in [-0.4, -0.2) is 28.3 Å². The van der Waals surface area contributed by atoms with Gasteiger partial charge in [0.05, 0.1) is 0 Å². The van der Waals surface area contributed by atoms with Gasteiger partial charge in [-0.3, -0.25) is 0 Å². The van der Waals surface area contributed by atoms with Crippen LogP contribution in [-0.2, 0) is 17.7 Å². The van der Waals surface area contributed by atoms with Crippen molar-refractivity contribution in [1.82, 2.24) is 9.55 Å². The lowest BCUT2D eigenvalue weighted by Crippen LogP contribution is -2.43. The first-order chi connectivity index (χ1) is 7.73. The molecule has 0 aliphatic carbocycles. The van der Waals surface area contributed by atoms with Crippen molar-refractivity contribution in [2.24, 2.45) is 5.73 Å². The lowest BCUT2D eigenvalue weighted by atomic mass is 9.88. The van der Waals surface area contributed by atoms with Crippen molar-refractivity contribution >= 4 is 0 Å². The van der Waals surface area contributed by atoms with Crippen LogP contribution in [0.15, 0.2) is 12.4 Å². The predicted octanol–water partition coefficient (Wildman–Crippen LogP) is 1.34. The van der Waals surface area contributed by atoms with Gasteiger partial charge in [0.2, 0.25) is 0 Å². The molecule has 2 rings (SSSR count). The molecule has 90 valence electrons. The molecule has 0 bridgehead atoms. The van der Waals surface area contributed by atoms with E-state index in [1.165, 1.54) is 0 Å². The van der Waals surface area contributed by atoms with Crippen molar-refractivity contribution < 1.29 is 4.74 Å². The Hall–Kier alpha value is -0.870. The van der Waals surface area contributed by atoms with E-state index in [0.29, 0.717) is 0 Å². The average molecular weight is 223 g/mol. The molecule has 1 atom stereocenters. The molecule has 2 N–H and O–H groups in total. The van der Waals surface area contributed by atoms with Crippen LogP contribution in [0.4, 0.5) is 0 Å². The highest BCUT2D eigenvalue weighted by Gasteiger charge is 2.28. The number of imidazole rings is 1. The quantitative estimate of drug-likeness (QED) is 0.841. The van der Waals surface area contributed by atoms with Crippen molar-refractivity contribution in [2.45, 2.75) is 44.7 Å². The molecule has 1 aromatic heterocycles. The normalized spacial score (nSPS) is 26.6. The van der Waals surface area contributed by atoms with Gasteiger partial charge in [-0.1, -0.05) is 0 Å². The van der Waals surface area contributed by atoms with Crippen molar-refractivity contribution in [3.63, 3.8) is 0 Å². The van der Waals surface area contributed by atoms with Gasteiger partial charge in [0.15, 0.2) is 0 Å². The number of rotatable bonds is 3.